The number of hydrogen-bond acceptors (Lipinski definition) is 4. The minimum atomic E-state index is -0.469. The van der Waals surface area contributed by atoms with Crippen LogP contribution in [0.4, 0.5) is 11.4 Å². The Balaban J connectivity index is 2.10. The van der Waals surface area contributed by atoms with Crippen LogP contribution in [0.3, 0.4) is 0 Å². The molecule has 0 saturated carbocycles. The third-order valence-corrected chi connectivity index (χ3v) is 4.01. The van der Waals surface area contributed by atoms with Crippen molar-refractivity contribution in [2.45, 2.75) is 6.92 Å². The molecule has 0 radical (unpaired) electrons. The Bertz CT molecular complexity index is 838. The zero-order chi connectivity index (χ0) is 19.3. The molecule has 26 heavy (non-hydrogen) atoms. The minimum Gasteiger partial charge on any atom is -0.465 e. The second-order valence-corrected chi connectivity index (χ2v) is 6.16. The zero-order valence-electron chi connectivity index (χ0n) is 14.1. The fraction of sp³-hybridized carbons (Fsp3) is 0.167. The predicted molar refractivity (Wildman–Crippen MR) is 101 cm³/mol. The van der Waals surface area contributed by atoms with Gasteiger partial charge in [-0.2, -0.15) is 0 Å². The van der Waals surface area contributed by atoms with E-state index in [0.717, 1.165) is 0 Å². The van der Waals surface area contributed by atoms with Crippen LogP contribution in [0, 0.1) is 0 Å². The Labute approximate surface area is 160 Å². The van der Waals surface area contributed by atoms with E-state index < -0.39 is 11.9 Å². The fourth-order valence-corrected chi connectivity index (χ4v) is 2.73. The second-order valence-electron chi connectivity index (χ2n) is 5.32. The lowest BCUT2D eigenvalue weighted by Crippen LogP contribution is -2.36. The summed E-state index contributed by atoms with van der Waals surface area (Å²) in [6, 6.07) is 10.8. The zero-order valence-corrected chi connectivity index (χ0v) is 15.6. The van der Waals surface area contributed by atoms with E-state index >= 15 is 0 Å². The molecular formula is C18H16Cl2N2O4. The maximum atomic E-state index is 12.3. The summed E-state index contributed by atoms with van der Waals surface area (Å²) in [5.41, 5.74) is 1.23. The van der Waals surface area contributed by atoms with Gasteiger partial charge in [0.05, 0.1) is 23.4 Å². The molecule has 0 atom stereocenters. The Morgan fingerprint density at radius 2 is 1.73 bits per heavy atom. The van der Waals surface area contributed by atoms with Gasteiger partial charge < -0.3 is 15.0 Å². The highest BCUT2D eigenvalue weighted by atomic mass is 35.5. The van der Waals surface area contributed by atoms with E-state index in [1.54, 1.807) is 24.3 Å². The average molecular weight is 395 g/mol. The van der Waals surface area contributed by atoms with Crippen LogP contribution < -0.4 is 10.2 Å². The molecule has 2 aromatic carbocycles. The normalized spacial score (nSPS) is 10.2. The third-order valence-electron chi connectivity index (χ3n) is 3.47. The maximum absolute atomic E-state index is 12.3. The number of anilines is 2. The van der Waals surface area contributed by atoms with E-state index in [-0.39, 0.29) is 17.5 Å². The van der Waals surface area contributed by atoms with Gasteiger partial charge in [-0.1, -0.05) is 23.2 Å². The maximum Gasteiger partial charge on any atom is 0.337 e. The molecule has 0 aliphatic rings. The standard InChI is InChI=1S/C18H16Cl2N2O4/c1-11(23)22(16-8-5-13(19)9-15(16)20)10-17(24)21-14-6-3-12(4-7-14)18(25)26-2/h3-9H,10H2,1-2H3,(H,21,24). The number of methoxy groups -OCH3 is 1. The van der Waals surface area contributed by atoms with Crippen LogP contribution in [-0.4, -0.2) is 31.4 Å². The van der Waals surface area contributed by atoms with Crippen LogP contribution in [0.25, 0.3) is 0 Å². The van der Waals surface area contributed by atoms with Crippen LogP contribution in [-0.2, 0) is 14.3 Å². The Morgan fingerprint density at radius 3 is 2.27 bits per heavy atom. The van der Waals surface area contributed by atoms with Crippen molar-refractivity contribution in [3.05, 3.63) is 58.1 Å². The van der Waals surface area contributed by atoms with Crippen LogP contribution in [0.2, 0.25) is 10.0 Å². The first-order chi connectivity index (χ1) is 12.3. The molecule has 0 aliphatic carbocycles. The molecule has 2 amide bonds. The van der Waals surface area contributed by atoms with E-state index in [2.05, 4.69) is 10.1 Å². The molecular weight excluding hydrogens is 379 g/mol. The number of carbonyl (C=O) groups excluding carboxylic acids is 3. The number of ether oxygens (including phenoxy) is 1. The van der Waals surface area contributed by atoms with Crippen molar-refractivity contribution in [1.29, 1.82) is 0 Å². The Hall–Kier alpha value is -2.57. The van der Waals surface area contributed by atoms with Gasteiger partial charge in [0.15, 0.2) is 0 Å². The van der Waals surface area contributed by atoms with Gasteiger partial charge in [-0.25, -0.2) is 4.79 Å². The van der Waals surface area contributed by atoms with Crippen molar-refractivity contribution in [2.75, 3.05) is 23.9 Å². The molecule has 0 unspecified atom stereocenters. The molecule has 2 rings (SSSR count). The number of carbonyl (C=O) groups is 3. The number of nitrogens with zero attached hydrogens (tertiary/aromatic N) is 1. The summed E-state index contributed by atoms with van der Waals surface area (Å²) in [7, 11) is 1.29. The summed E-state index contributed by atoms with van der Waals surface area (Å²) >= 11 is 12.0. The highest BCUT2D eigenvalue weighted by Crippen LogP contribution is 2.29. The SMILES string of the molecule is COC(=O)c1ccc(NC(=O)CN(C(C)=O)c2ccc(Cl)cc2Cl)cc1. The number of halogens is 2. The molecule has 0 heterocycles. The van der Waals surface area contributed by atoms with Crippen LogP contribution in [0.15, 0.2) is 42.5 Å². The number of rotatable bonds is 5. The smallest absolute Gasteiger partial charge is 0.337 e. The van der Waals surface area contributed by atoms with Crippen molar-refractivity contribution in [2.24, 2.45) is 0 Å². The first-order valence-corrected chi connectivity index (χ1v) is 8.29. The summed E-state index contributed by atoms with van der Waals surface area (Å²) in [5, 5.41) is 3.35. The average Bonchev–Trinajstić information content (AvgIpc) is 2.60. The monoisotopic (exact) mass is 394 g/mol. The van der Waals surface area contributed by atoms with Gasteiger partial charge in [-0.05, 0) is 42.5 Å². The molecule has 0 aromatic heterocycles. The lowest BCUT2D eigenvalue weighted by atomic mass is 10.2. The largest absolute Gasteiger partial charge is 0.465 e. The molecule has 8 heteroatoms. The summed E-state index contributed by atoms with van der Waals surface area (Å²) in [4.78, 5) is 36.9. The minimum absolute atomic E-state index is 0.227. The Kier molecular flexibility index (Phi) is 6.60. The number of benzene rings is 2. The number of amides is 2. The third kappa shape index (κ3) is 4.97. The Morgan fingerprint density at radius 1 is 1.08 bits per heavy atom. The van der Waals surface area contributed by atoms with Gasteiger partial charge >= 0.3 is 5.97 Å². The van der Waals surface area contributed by atoms with Gasteiger partial charge in [-0.15, -0.1) is 0 Å². The molecule has 0 bridgehead atoms. The van der Waals surface area contributed by atoms with Gasteiger partial charge in [0.2, 0.25) is 11.8 Å². The van der Waals surface area contributed by atoms with E-state index in [0.29, 0.717) is 22.0 Å². The van der Waals surface area contributed by atoms with Gasteiger partial charge in [0.25, 0.3) is 0 Å². The molecule has 136 valence electrons. The summed E-state index contributed by atoms with van der Waals surface area (Å²) < 4.78 is 4.61. The molecule has 0 fully saturated rings. The van der Waals surface area contributed by atoms with E-state index in [1.807, 2.05) is 0 Å². The molecule has 0 aliphatic heterocycles. The lowest BCUT2D eigenvalue weighted by Gasteiger charge is -2.22. The highest BCUT2D eigenvalue weighted by molar-refractivity contribution is 6.36. The van der Waals surface area contributed by atoms with Crippen LogP contribution in [0.5, 0.6) is 0 Å². The van der Waals surface area contributed by atoms with E-state index in [1.165, 1.54) is 37.1 Å². The molecule has 2 aromatic rings. The van der Waals surface area contributed by atoms with Crippen molar-refractivity contribution in [3.8, 4) is 0 Å². The summed E-state index contributed by atoms with van der Waals surface area (Å²) in [6.45, 7) is 1.11. The van der Waals surface area contributed by atoms with Gasteiger partial charge in [0.1, 0.15) is 6.54 Å². The number of esters is 1. The van der Waals surface area contributed by atoms with E-state index in [9.17, 15) is 14.4 Å². The van der Waals surface area contributed by atoms with Crippen molar-refractivity contribution in [1.82, 2.24) is 0 Å². The van der Waals surface area contributed by atoms with Crippen molar-refractivity contribution >= 4 is 52.4 Å². The van der Waals surface area contributed by atoms with Crippen molar-refractivity contribution < 1.29 is 19.1 Å². The highest BCUT2D eigenvalue weighted by Gasteiger charge is 2.19. The first-order valence-electron chi connectivity index (χ1n) is 7.53. The van der Waals surface area contributed by atoms with Gasteiger partial charge in [-0.3, -0.25) is 9.59 Å². The predicted octanol–water partition coefficient (Wildman–Crippen LogP) is 3.77. The second kappa shape index (κ2) is 8.69. The fourth-order valence-electron chi connectivity index (χ4n) is 2.22. The first kappa shape index (κ1) is 19.8. The van der Waals surface area contributed by atoms with Crippen LogP contribution >= 0.6 is 23.2 Å². The summed E-state index contributed by atoms with van der Waals surface area (Å²) in [5.74, 6) is -1.23. The summed E-state index contributed by atoms with van der Waals surface area (Å²) in [6.07, 6.45) is 0. The topological polar surface area (TPSA) is 75.7 Å². The van der Waals surface area contributed by atoms with Crippen LogP contribution in [0.1, 0.15) is 17.3 Å². The molecule has 1 N–H and O–H groups in total. The lowest BCUT2D eigenvalue weighted by molar-refractivity contribution is -0.120. The molecule has 0 spiro atoms. The van der Waals surface area contributed by atoms with E-state index in [4.69, 9.17) is 23.2 Å². The number of hydrogen-bond donors (Lipinski definition) is 1. The quantitative estimate of drug-likeness (QED) is 0.782. The molecule has 6 nitrogen and oxygen atoms in total. The molecule has 0 saturated heterocycles. The number of nitrogens with one attached hydrogen (secondary N) is 1. The van der Waals surface area contributed by atoms with Gasteiger partial charge in [0, 0.05) is 17.6 Å². The van der Waals surface area contributed by atoms with Crippen molar-refractivity contribution in [3.63, 3.8) is 0 Å².